The van der Waals surface area contributed by atoms with E-state index in [1.165, 1.54) is 18.8 Å². The minimum absolute atomic E-state index is 0.0837. The van der Waals surface area contributed by atoms with Crippen LogP contribution >= 0.6 is 0 Å². The number of hydrogen-bond acceptors (Lipinski definition) is 6. The zero-order chi connectivity index (χ0) is 16.9. The minimum Gasteiger partial charge on any atom is -0.396 e. The lowest BCUT2D eigenvalue weighted by atomic mass is 9.96. The van der Waals surface area contributed by atoms with Crippen LogP contribution in [0.2, 0.25) is 0 Å². The Kier molecular flexibility index (Phi) is 5.76. The molecule has 1 aromatic rings. The fourth-order valence-electron chi connectivity index (χ4n) is 3.70. The molecule has 2 aliphatic heterocycles. The van der Waals surface area contributed by atoms with Gasteiger partial charge in [0.25, 0.3) is 5.91 Å². The Morgan fingerprint density at radius 1 is 1.21 bits per heavy atom. The Balaban J connectivity index is 1.61. The van der Waals surface area contributed by atoms with E-state index in [1.807, 2.05) is 4.90 Å². The maximum absolute atomic E-state index is 12.6. The molecule has 2 aliphatic rings. The van der Waals surface area contributed by atoms with Gasteiger partial charge in [0, 0.05) is 57.6 Å². The molecular formula is C17H27N5O2. The largest absolute Gasteiger partial charge is 0.396 e. The third-order valence-corrected chi connectivity index (χ3v) is 5.19. The summed E-state index contributed by atoms with van der Waals surface area (Å²) in [6.07, 6.45) is 5.79. The molecule has 3 heterocycles. The molecule has 0 spiro atoms. The third-order valence-electron chi connectivity index (χ3n) is 5.19. The lowest BCUT2D eigenvalue weighted by Crippen LogP contribution is -2.36. The molecule has 0 bridgehead atoms. The molecule has 1 N–H and O–H groups in total. The Labute approximate surface area is 143 Å². The third kappa shape index (κ3) is 4.09. The molecule has 0 aliphatic carbocycles. The summed E-state index contributed by atoms with van der Waals surface area (Å²) in [5, 5.41) is 9.74. The van der Waals surface area contributed by atoms with E-state index in [9.17, 15) is 9.90 Å². The predicted octanol–water partition coefficient (Wildman–Crippen LogP) is -0.205. The molecule has 7 heteroatoms. The number of nitrogens with zero attached hydrogens (tertiary/aromatic N) is 5. The van der Waals surface area contributed by atoms with Gasteiger partial charge in [-0.25, -0.2) is 4.98 Å². The first kappa shape index (κ1) is 17.3. The van der Waals surface area contributed by atoms with Crippen LogP contribution < -0.4 is 0 Å². The van der Waals surface area contributed by atoms with Crippen molar-refractivity contribution in [3.05, 3.63) is 24.3 Å². The molecule has 1 aromatic heterocycles. The van der Waals surface area contributed by atoms with E-state index in [0.29, 0.717) is 24.7 Å². The van der Waals surface area contributed by atoms with Gasteiger partial charge in [-0.2, -0.15) is 0 Å². The van der Waals surface area contributed by atoms with Crippen LogP contribution in [-0.4, -0.2) is 95.1 Å². The van der Waals surface area contributed by atoms with Crippen molar-refractivity contribution in [3.63, 3.8) is 0 Å². The van der Waals surface area contributed by atoms with E-state index in [2.05, 4.69) is 26.8 Å². The monoisotopic (exact) mass is 333 g/mol. The van der Waals surface area contributed by atoms with Gasteiger partial charge in [-0.1, -0.05) is 0 Å². The van der Waals surface area contributed by atoms with Gasteiger partial charge >= 0.3 is 0 Å². The van der Waals surface area contributed by atoms with Crippen molar-refractivity contribution in [3.8, 4) is 0 Å². The van der Waals surface area contributed by atoms with Crippen LogP contribution in [0.15, 0.2) is 18.6 Å². The van der Waals surface area contributed by atoms with Crippen molar-refractivity contribution >= 4 is 5.91 Å². The molecule has 2 atom stereocenters. The van der Waals surface area contributed by atoms with Gasteiger partial charge in [0.05, 0.1) is 6.20 Å². The number of aliphatic hydroxyl groups is 1. The molecule has 2 unspecified atom stereocenters. The van der Waals surface area contributed by atoms with Crippen molar-refractivity contribution in [2.45, 2.75) is 6.42 Å². The SMILES string of the molecule is CN1CCCN(CC2CN(C(=O)c3cnccn3)CC2CO)CC1. The number of likely N-dealkylation sites (N-methyl/N-ethyl adjacent to an activating group) is 1. The maximum Gasteiger partial charge on any atom is 0.274 e. The van der Waals surface area contributed by atoms with Gasteiger partial charge in [0.15, 0.2) is 0 Å². The van der Waals surface area contributed by atoms with Crippen LogP contribution in [0.5, 0.6) is 0 Å². The van der Waals surface area contributed by atoms with Gasteiger partial charge in [-0.3, -0.25) is 9.78 Å². The van der Waals surface area contributed by atoms with Gasteiger partial charge in [-0.15, -0.1) is 0 Å². The quantitative estimate of drug-likeness (QED) is 0.822. The zero-order valence-corrected chi connectivity index (χ0v) is 14.3. The highest BCUT2D eigenvalue weighted by Crippen LogP contribution is 2.25. The fourth-order valence-corrected chi connectivity index (χ4v) is 3.70. The van der Waals surface area contributed by atoms with E-state index >= 15 is 0 Å². The van der Waals surface area contributed by atoms with Crippen molar-refractivity contribution in [1.82, 2.24) is 24.7 Å². The van der Waals surface area contributed by atoms with Crippen LogP contribution in [0.25, 0.3) is 0 Å². The number of carbonyl (C=O) groups excluding carboxylic acids is 1. The summed E-state index contributed by atoms with van der Waals surface area (Å²) in [5.74, 6) is 0.380. The average molecular weight is 333 g/mol. The number of aliphatic hydroxyl groups excluding tert-OH is 1. The molecule has 7 nitrogen and oxygen atoms in total. The van der Waals surface area contributed by atoms with Crippen LogP contribution in [0.1, 0.15) is 16.9 Å². The van der Waals surface area contributed by atoms with Crippen molar-refractivity contribution < 1.29 is 9.90 Å². The number of carbonyl (C=O) groups is 1. The maximum atomic E-state index is 12.6. The summed E-state index contributed by atoms with van der Waals surface area (Å²) >= 11 is 0. The van der Waals surface area contributed by atoms with Crippen molar-refractivity contribution in [2.24, 2.45) is 11.8 Å². The van der Waals surface area contributed by atoms with Crippen molar-refractivity contribution in [2.75, 3.05) is 59.5 Å². The van der Waals surface area contributed by atoms with Gasteiger partial charge in [0.1, 0.15) is 5.69 Å². The summed E-state index contributed by atoms with van der Waals surface area (Å²) < 4.78 is 0. The Morgan fingerprint density at radius 3 is 2.79 bits per heavy atom. The van der Waals surface area contributed by atoms with Crippen LogP contribution in [-0.2, 0) is 0 Å². The zero-order valence-electron chi connectivity index (χ0n) is 14.3. The smallest absolute Gasteiger partial charge is 0.274 e. The lowest BCUT2D eigenvalue weighted by Gasteiger charge is -2.26. The Hall–Kier alpha value is -1.57. The van der Waals surface area contributed by atoms with E-state index in [-0.39, 0.29) is 18.4 Å². The molecule has 1 amide bonds. The second-order valence-electron chi connectivity index (χ2n) is 6.96. The first-order valence-corrected chi connectivity index (χ1v) is 8.74. The highest BCUT2D eigenvalue weighted by Gasteiger charge is 2.36. The highest BCUT2D eigenvalue weighted by atomic mass is 16.3. The summed E-state index contributed by atoms with van der Waals surface area (Å²) in [5.41, 5.74) is 0.381. The molecule has 24 heavy (non-hydrogen) atoms. The summed E-state index contributed by atoms with van der Waals surface area (Å²) in [6, 6.07) is 0. The van der Waals surface area contributed by atoms with Crippen LogP contribution in [0, 0.1) is 11.8 Å². The van der Waals surface area contributed by atoms with E-state index in [4.69, 9.17) is 0 Å². The fraction of sp³-hybridized carbons (Fsp3) is 0.706. The van der Waals surface area contributed by atoms with E-state index in [0.717, 1.165) is 32.7 Å². The number of rotatable bonds is 4. The summed E-state index contributed by atoms with van der Waals surface area (Å²) in [7, 11) is 2.16. The van der Waals surface area contributed by atoms with Crippen LogP contribution in [0.4, 0.5) is 0 Å². The first-order chi connectivity index (χ1) is 11.7. The summed E-state index contributed by atoms with van der Waals surface area (Å²) in [6.45, 7) is 6.74. The van der Waals surface area contributed by atoms with Gasteiger partial charge < -0.3 is 19.8 Å². The number of amides is 1. The Morgan fingerprint density at radius 2 is 2.04 bits per heavy atom. The highest BCUT2D eigenvalue weighted by molar-refractivity contribution is 5.92. The molecule has 2 saturated heterocycles. The van der Waals surface area contributed by atoms with Crippen LogP contribution in [0.3, 0.4) is 0 Å². The number of aromatic nitrogens is 2. The molecule has 132 valence electrons. The second kappa shape index (κ2) is 8.00. The van der Waals surface area contributed by atoms with E-state index < -0.39 is 0 Å². The Bertz CT molecular complexity index is 541. The summed E-state index contributed by atoms with van der Waals surface area (Å²) in [4.78, 5) is 27.3. The van der Waals surface area contributed by atoms with Crippen molar-refractivity contribution in [1.29, 1.82) is 0 Å². The minimum atomic E-state index is -0.0837. The molecular weight excluding hydrogens is 306 g/mol. The number of likely N-dealkylation sites (tertiary alicyclic amines) is 1. The van der Waals surface area contributed by atoms with Gasteiger partial charge in [0.2, 0.25) is 0 Å². The van der Waals surface area contributed by atoms with Gasteiger partial charge in [-0.05, 0) is 32.5 Å². The number of hydrogen-bond donors (Lipinski definition) is 1. The predicted molar refractivity (Wildman–Crippen MR) is 90.6 cm³/mol. The molecule has 0 radical (unpaired) electrons. The first-order valence-electron chi connectivity index (χ1n) is 8.74. The standard InChI is InChI=1S/C17H27N5O2/c1-20-5-2-6-21(8-7-20)10-14-11-22(12-15(14)13-23)17(24)16-9-18-3-4-19-16/h3-4,9,14-15,23H,2,5-8,10-13H2,1H3. The normalized spacial score (nSPS) is 26.5. The van der Waals surface area contributed by atoms with E-state index in [1.54, 1.807) is 6.20 Å². The average Bonchev–Trinajstić information content (AvgIpc) is 2.91. The topological polar surface area (TPSA) is 72.8 Å². The molecule has 3 rings (SSSR count). The second-order valence-corrected chi connectivity index (χ2v) is 6.96. The lowest BCUT2D eigenvalue weighted by molar-refractivity contribution is 0.0772. The molecule has 0 aromatic carbocycles. The molecule has 2 fully saturated rings. The molecule has 0 saturated carbocycles.